The van der Waals surface area contributed by atoms with Crippen molar-refractivity contribution in [1.29, 1.82) is 0 Å². The van der Waals surface area contributed by atoms with Gasteiger partial charge in [-0.1, -0.05) is 5.16 Å². The summed E-state index contributed by atoms with van der Waals surface area (Å²) in [6, 6.07) is 0.203. The van der Waals surface area contributed by atoms with Gasteiger partial charge in [0.2, 0.25) is 0 Å². The van der Waals surface area contributed by atoms with Crippen LogP contribution in [-0.4, -0.2) is 34.2 Å². The van der Waals surface area contributed by atoms with E-state index >= 15 is 0 Å². The van der Waals surface area contributed by atoms with Crippen molar-refractivity contribution >= 4 is 23.0 Å². The first-order chi connectivity index (χ1) is 8.36. The molecular weight excluding hydrogens is 273 g/mol. The summed E-state index contributed by atoms with van der Waals surface area (Å²) in [6.07, 6.45) is -6.53. The number of carbonyl (C=O) groups excluding carboxylic acids is 1. The van der Waals surface area contributed by atoms with Gasteiger partial charge < -0.3 is 15.6 Å². The predicted molar refractivity (Wildman–Crippen MR) is 55.6 cm³/mol. The van der Waals surface area contributed by atoms with Gasteiger partial charge in [0.25, 0.3) is 0 Å². The zero-order chi connectivity index (χ0) is 13.5. The molecule has 0 spiro atoms. The zero-order valence-electron chi connectivity index (χ0n) is 8.60. The Morgan fingerprint density at radius 3 is 2.72 bits per heavy atom. The van der Waals surface area contributed by atoms with Crippen LogP contribution in [0.5, 0.6) is 0 Å². The van der Waals surface area contributed by atoms with E-state index in [9.17, 15) is 23.1 Å². The third-order valence-corrected chi connectivity index (χ3v) is 3.46. The lowest BCUT2D eigenvalue weighted by Crippen LogP contribution is -2.42. The zero-order valence-corrected chi connectivity index (χ0v) is 9.42. The number of carbonyl (C=O) groups is 1. The van der Waals surface area contributed by atoms with E-state index in [1.165, 1.54) is 6.07 Å². The van der Waals surface area contributed by atoms with Crippen LogP contribution in [0.3, 0.4) is 0 Å². The van der Waals surface area contributed by atoms with Gasteiger partial charge in [0.1, 0.15) is 11.8 Å². The third-order valence-electron chi connectivity index (χ3n) is 2.51. The number of aliphatic hydroxyl groups excluding tert-OH is 1. The molecule has 1 heterocycles. The van der Waals surface area contributed by atoms with E-state index in [4.69, 9.17) is 5.21 Å². The lowest BCUT2D eigenvalue weighted by molar-refractivity contribution is -0.174. The van der Waals surface area contributed by atoms with Gasteiger partial charge in [0, 0.05) is 0 Å². The number of halogens is 3. The minimum absolute atomic E-state index is 0.146. The normalized spacial score (nSPS) is 25.2. The molecule has 0 fully saturated rings. The Morgan fingerprint density at radius 1 is 1.50 bits per heavy atom. The van der Waals surface area contributed by atoms with Crippen molar-refractivity contribution in [2.75, 3.05) is 0 Å². The van der Waals surface area contributed by atoms with Crippen molar-refractivity contribution in [2.45, 2.75) is 18.3 Å². The molecule has 2 atom stereocenters. The summed E-state index contributed by atoms with van der Waals surface area (Å²) in [5.74, 6) is -2.15. The van der Waals surface area contributed by atoms with E-state index in [1.54, 1.807) is 10.7 Å². The quantitative estimate of drug-likeness (QED) is 0.530. The maximum Gasteiger partial charge on any atom is 0.471 e. The van der Waals surface area contributed by atoms with Crippen molar-refractivity contribution < 1.29 is 28.3 Å². The van der Waals surface area contributed by atoms with Crippen LogP contribution in [0.25, 0.3) is 0 Å². The SMILES string of the molecule is O=C(N[C@H]1c2ccsc2/C(=N\O)[C@H]1O)C(F)(F)F. The van der Waals surface area contributed by atoms with Gasteiger partial charge in [-0.05, 0) is 17.0 Å². The summed E-state index contributed by atoms with van der Waals surface area (Å²) in [5, 5.41) is 24.5. The second-order valence-corrected chi connectivity index (χ2v) is 4.50. The van der Waals surface area contributed by atoms with E-state index in [0.717, 1.165) is 11.3 Å². The number of nitrogens with one attached hydrogen (secondary N) is 1. The fraction of sp³-hybridized carbons (Fsp3) is 0.333. The highest BCUT2D eigenvalue weighted by atomic mass is 32.1. The maximum atomic E-state index is 12.1. The monoisotopic (exact) mass is 280 g/mol. The molecule has 1 amide bonds. The molecule has 1 aromatic rings. The van der Waals surface area contributed by atoms with Crippen LogP contribution >= 0.6 is 11.3 Å². The average molecular weight is 280 g/mol. The Labute approximate surface area is 103 Å². The van der Waals surface area contributed by atoms with Gasteiger partial charge in [-0.15, -0.1) is 11.3 Å². The molecule has 0 saturated carbocycles. The maximum absolute atomic E-state index is 12.1. The largest absolute Gasteiger partial charge is 0.471 e. The molecule has 3 N–H and O–H groups in total. The number of alkyl halides is 3. The number of oxime groups is 1. The van der Waals surface area contributed by atoms with E-state index in [2.05, 4.69) is 5.16 Å². The molecule has 0 aliphatic heterocycles. The summed E-state index contributed by atoms with van der Waals surface area (Å²) in [5.41, 5.74) is 0.158. The van der Waals surface area contributed by atoms with E-state index in [-0.39, 0.29) is 5.71 Å². The molecule has 9 heteroatoms. The first-order valence-electron chi connectivity index (χ1n) is 4.71. The van der Waals surface area contributed by atoms with Crippen molar-refractivity contribution in [3.05, 3.63) is 21.9 Å². The van der Waals surface area contributed by atoms with Crippen LogP contribution < -0.4 is 5.32 Å². The molecule has 0 bridgehead atoms. The highest BCUT2D eigenvalue weighted by Crippen LogP contribution is 2.36. The fourth-order valence-corrected chi connectivity index (χ4v) is 2.68. The fourth-order valence-electron chi connectivity index (χ4n) is 1.72. The van der Waals surface area contributed by atoms with Crippen LogP contribution in [0, 0.1) is 0 Å². The number of hydrogen-bond acceptors (Lipinski definition) is 5. The smallest absolute Gasteiger partial charge is 0.411 e. The predicted octanol–water partition coefficient (Wildman–Crippen LogP) is 1.02. The highest BCUT2D eigenvalue weighted by Gasteiger charge is 2.45. The lowest BCUT2D eigenvalue weighted by Gasteiger charge is -2.18. The van der Waals surface area contributed by atoms with Crippen LogP contribution in [0.1, 0.15) is 16.5 Å². The summed E-state index contributed by atoms with van der Waals surface area (Å²) in [6.45, 7) is 0. The Morgan fingerprint density at radius 2 is 2.17 bits per heavy atom. The number of aliphatic hydroxyl groups is 1. The van der Waals surface area contributed by atoms with Crippen LogP contribution in [0.15, 0.2) is 16.6 Å². The lowest BCUT2D eigenvalue weighted by atomic mass is 10.1. The van der Waals surface area contributed by atoms with Crippen LogP contribution in [0.4, 0.5) is 13.2 Å². The second-order valence-electron chi connectivity index (χ2n) is 3.58. The molecule has 0 saturated heterocycles. The minimum atomic E-state index is -5.03. The molecule has 1 aromatic heterocycles. The summed E-state index contributed by atoms with van der Waals surface area (Å²) >= 11 is 1.10. The molecule has 18 heavy (non-hydrogen) atoms. The Balaban J connectivity index is 2.29. The van der Waals surface area contributed by atoms with Gasteiger partial charge in [-0.25, -0.2) is 0 Å². The van der Waals surface area contributed by atoms with Gasteiger partial charge in [0.05, 0.1) is 10.9 Å². The first kappa shape index (κ1) is 12.8. The summed E-state index contributed by atoms with van der Waals surface area (Å²) < 4.78 is 36.4. The molecule has 2 rings (SSSR count). The van der Waals surface area contributed by atoms with E-state index < -0.39 is 24.2 Å². The van der Waals surface area contributed by atoms with Gasteiger partial charge in [-0.3, -0.25) is 4.79 Å². The van der Waals surface area contributed by atoms with Crippen molar-refractivity contribution in [2.24, 2.45) is 5.16 Å². The van der Waals surface area contributed by atoms with E-state index in [0.29, 0.717) is 10.4 Å². The topological polar surface area (TPSA) is 81.9 Å². The summed E-state index contributed by atoms with van der Waals surface area (Å²) in [7, 11) is 0. The summed E-state index contributed by atoms with van der Waals surface area (Å²) in [4.78, 5) is 11.2. The highest BCUT2D eigenvalue weighted by molar-refractivity contribution is 7.12. The molecule has 5 nitrogen and oxygen atoms in total. The number of rotatable bonds is 1. The Kier molecular flexibility index (Phi) is 3.03. The number of amides is 1. The molecule has 0 unspecified atom stereocenters. The Hall–Kier alpha value is -1.61. The van der Waals surface area contributed by atoms with Gasteiger partial charge >= 0.3 is 12.1 Å². The number of thiophene rings is 1. The molecular formula is C9H7F3N2O3S. The van der Waals surface area contributed by atoms with Crippen LogP contribution in [0.2, 0.25) is 0 Å². The number of nitrogens with zero attached hydrogens (tertiary/aromatic N) is 1. The molecule has 0 radical (unpaired) electrons. The average Bonchev–Trinajstić information content (AvgIpc) is 2.81. The minimum Gasteiger partial charge on any atom is -0.411 e. The van der Waals surface area contributed by atoms with Crippen molar-refractivity contribution in [1.82, 2.24) is 5.32 Å². The standard InChI is InChI=1S/C9H7F3N2O3S/c10-9(11,12)8(16)13-4-3-1-2-18-7(3)5(14-17)6(4)15/h1-2,4,6,15,17H,(H,13,16)/b14-5-/t4-,6-/m0/s1. The number of hydrogen-bond donors (Lipinski definition) is 3. The van der Waals surface area contributed by atoms with Crippen molar-refractivity contribution in [3.8, 4) is 0 Å². The molecule has 0 aromatic carbocycles. The van der Waals surface area contributed by atoms with Gasteiger partial charge in [-0.2, -0.15) is 13.2 Å². The second kappa shape index (κ2) is 4.25. The molecule has 98 valence electrons. The van der Waals surface area contributed by atoms with E-state index in [1.807, 2.05) is 0 Å². The first-order valence-corrected chi connectivity index (χ1v) is 5.59. The number of fused-ring (bicyclic) bond motifs is 1. The van der Waals surface area contributed by atoms with Crippen LogP contribution in [-0.2, 0) is 4.79 Å². The Bertz CT molecular complexity index is 511. The molecule has 1 aliphatic rings. The van der Waals surface area contributed by atoms with Gasteiger partial charge in [0.15, 0.2) is 0 Å². The van der Waals surface area contributed by atoms with Crippen molar-refractivity contribution in [3.63, 3.8) is 0 Å². The molecule has 1 aliphatic carbocycles. The third kappa shape index (κ3) is 1.95.